The van der Waals surface area contributed by atoms with E-state index in [1.54, 1.807) is 19.1 Å². The van der Waals surface area contributed by atoms with E-state index in [-0.39, 0.29) is 39.1 Å². The molecule has 0 saturated carbocycles. The van der Waals surface area contributed by atoms with E-state index in [4.69, 9.17) is 4.74 Å². The number of halogens is 3. The van der Waals surface area contributed by atoms with E-state index in [0.717, 1.165) is 28.0 Å². The Hall–Kier alpha value is -3.93. The predicted molar refractivity (Wildman–Crippen MR) is 158 cm³/mol. The van der Waals surface area contributed by atoms with E-state index in [0.29, 0.717) is 18.9 Å². The van der Waals surface area contributed by atoms with E-state index in [1.165, 1.54) is 19.2 Å². The average molecular weight is 617 g/mol. The Bertz CT molecular complexity index is 1740. The third-order valence-electron chi connectivity index (χ3n) is 7.47. The summed E-state index contributed by atoms with van der Waals surface area (Å²) in [5.74, 6) is -4.22. The van der Waals surface area contributed by atoms with Crippen molar-refractivity contribution in [3.8, 4) is 11.3 Å². The Morgan fingerprint density at radius 2 is 1.74 bits per heavy atom. The minimum absolute atomic E-state index is 0.0373. The summed E-state index contributed by atoms with van der Waals surface area (Å²) in [5.41, 5.74) is 0.160. The fraction of sp³-hybridized carbons (Fsp3) is 0.387. The second kappa shape index (κ2) is 12.7. The molecular weight excluding hydrogens is 581 g/mol. The fourth-order valence-corrected chi connectivity index (χ4v) is 6.77. The lowest BCUT2D eigenvalue weighted by Gasteiger charge is -2.31. The van der Waals surface area contributed by atoms with Crippen molar-refractivity contribution >= 4 is 32.8 Å². The van der Waals surface area contributed by atoms with Crippen LogP contribution in [-0.2, 0) is 19.6 Å². The van der Waals surface area contributed by atoms with Crippen LogP contribution in [0.2, 0.25) is 0 Å². The summed E-state index contributed by atoms with van der Waals surface area (Å²) in [4.78, 5) is 21.0. The van der Waals surface area contributed by atoms with Gasteiger partial charge >= 0.3 is 5.97 Å². The van der Waals surface area contributed by atoms with Crippen LogP contribution >= 0.6 is 0 Å². The van der Waals surface area contributed by atoms with Gasteiger partial charge in [0, 0.05) is 29.3 Å². The summed E-state index contributed by atoms with van der Waals surface area (Å²) in [5, 5.41) is 2.93. The molecule has 0 fully saturated rings. The van der Waals surface area contributed by atoms with Crippen molar-refractivity contribution in [2.45, 2.75) is 58.4 Å². The molecule has 0 aliphatic carbocycles. The van der Waals surface area contributed by atoms with Gasteiger partial charge in [-0.1, -0.05) is 45.4 Å². The van der Waals surface area contributed by atoms with Crippen molar-refractivity contribution in [2.24, 2.45) is 17.8 Å². The van der Waals surface area contributed by atoms with Gasteiger partial charge in [0.2, 0.25) is 0 Å². The molecule has 4 rings (SSSR count). The summed E-state index contributed by atoms with van der Waals surface area (Å²) in [6, 6.07) is 7.10. The fourth-order valence-electron chi connectivity index (χ4n) is 5.45. The van der Waals surface area contributed by atoms with Crippen LogP contribution in [-0.4, -0.2) is 41.5 Å². The smallest absolute Gasteiger partial charge is 0.311 e. The van der Waals surface area contributed by atoms with E-state index < -0.39 is 51.1 Å². The highest BCUT2D eigenvalue weighted by atomic mass is 32.2. The molecule has 0 aliphatic rings. The Morgan fingerprint density at radius 1 is 1.07 bits per heavy atom. The van der Waals surface area contributed by atoms with Gasteiger partial charge in [-0.3, -0.25) is 4.79 Å². The van der Waals surface area contributed by atoms with Crippen LogP contribution in [0.4, 0.5) is 19.0 Å². The van der Waals surface area contributed by atoms with Gasteiger partial charge in [-0.15, -0.1) is 0 Å². The zero-order chi connectivity index (χ0) is 31.6. The van der Waals surface area contributed by atoms with Gasteiger partial charge in [0.25, 0.3) is 10.0 Å². The van der Waals surface area contributed by atoms with E-state index in [9.17, 15) is 17.6 Å². The van der Waals surface area contributed by atoms with Crippen LogP contribution in [0.3, 0.4) is 0 Å². The van der Waals surface area contributed by atoms with Crippen molar-refractivity contribution in [3.63, 3.8) is 0 Å². The first-order valence-electron chi connectivity index (χ1n) is 14.0. The molecule has 12 heteroatoms. The molecule has 0 spiro atoms. The molecule has 3 aromatic heterocycles. The van der Waals surface area contributed by atoms with Gasteiger partial charge in [0.15, 0.2) is 23.1 Å². The molecule has 1 aromatic carbocycles. The molecule has 2 unspecified atom stereocenters. The van der Waals surface area contributed by atoms with Gasteiger partial charge in [-0.05, 0) is 49.8 Å². The molecular formula is C31H35F3N4O4S. The normalized spacial score (nSPS) is 14.1. The lowest BCUT2D eigenvalue weighted by Crippen LogP contribution is -2.40. The van der Waals surface area contributed by atoms with Crippen molar-refractivity contribution in [2.75, 3.05) is 12.4 Å². The number of nitrogens with zero attached hydrogens (tertiary/aromatic N) is 3. The lowest BCUT2D eigenvalue weighted by molar-refractivity contribution is -0.148. The van der Waals surface area contributed by atoms with Crippen LogP contribution in [0.5, 0.6) is 0 Å². The summed E-state index contributed by atoms with van der Waals surface area (Å²) in [6.07, 6.45) is 3.04. The summed E-state index contributed by atoms with van der Waals surface area (Å²) >= 11 is 0. The Kier molecular flexibility index (Phi) is 9.48. The largest absolute Gasteiger partial charge is 0.469 e. The van der Waals surface area contributed by atoms with E-state index in [1.807, 2.05) is 27.7 Å². The van der Waals surface area contributed by atoms with Crippen LogP contribution in [0, 0.1) is 42.1 Å². The molecule has 0 saturated heterocycles. The summed E-state index contributed by atoms with van der Waals surface area (Å²) < 4.78 is 78.0. The number of aryl methyl sites for hydroxylation is 1. The highest BCUT2D eigenvalue weighted by Gasteiger charge is 2.35. The van der Waals surface area contributed by atoms with Crippen molar-refractivity contribution < 1.29 is 31.1 Å². The van der Waals surface area contributed by atoms with E-state index >= 15 is 8.78 Å². The number of aromatic nitrogens is 3. The van der Waals surface area contributed by atoms with Crippen molar-refractivity contribution in [1.29, 1.82) is 0 Å². The minimum atomic E-state index is -4.24. The number of hydrogen-bond acceptors (Lipinski definition) is 7. The molecule has 0 aliphatic heterocycles. The van der Waals surface area contributed by atoms with Gasteiger partial charge in [-0.2, -0.15) is 0 Å². The van der Waals surface area contributed by atoms with Gasteiger partial charge in [-0.25, -0.2) is 35.5 Å². The number of ether oxygens (including phenoxy) is 1. The lowest BCUT2D eigenvalue weighted by atomic mass is 9.81. The third-order valence-corrected chi connectivity index (χ3v) is 9.13. The molecule has 1 N–H and O–H groups in total. The van der Waals surface area contributed by atoms with Crippen LogP contribution in [0.15, 0.2) is 53.7 Å². The van der Waals surface area contributed by atoms with E-state index in [2.05, 4.69) is 15.3 Å². The number of fused-ring (bicyclic) bond motifs is 1. The summed E-state index contributed by atoms with van der Waals surface area (Å²) in [7, 11) is -2.96. The van der Waals surface area contributed by atoms with Crippen LogP contribution < -0.4 is 5.32 Å². The molecule has 8 nitrogen and oxygen atoms in total. The highest BCUT2D eigenvalue weighted by Crippen LogP contribution is 2.35. The first-order valence-corrected chi connectivity index (χ1v) is 15.4. The molecule has 230 valence electrons. The zero-order valence-corrected chi connectivity index (χ0v) is 25.7. The average Bonchev–Trinajstić information content (AvgIpc) is 3.32. The first kappa shape index (κ1) is 32.0. The van der Waals surface area contributed by atoms with Crippen LogP contribution in [0.1, 0.15) is 46.1 Å². The number of esters is 1. The van der Waals surface area contributed by atoms with Gasteiger partial charge in [0.1, 0.15) is 11.5 Å². The molecule has 3 atom stereocenters. The standard InChI is InChI=1S/C31H35F3N4O4S/c1-7-26(27(31(39)42-6)19(5)12-17(2)3)36-29-25(34)14-24(33)28(37-29)23-16-38(30-22(23)13-20(32)15-35-30)43(40,41)21-10-8-18(4)9-11-21/h8-11,13-17,19,26-27H,7,12H2,1-6H3,(H,36,37)/t19?,26?,27-/m0/s1. The number of nitrogens with one attached hydrogen (secondary N) is 1. The second-order valence-electron chi connectivity index (χ2n) is 11.1. The first-order chi connectivity index (χ1) is 20.3. The number of hydrogen-bond donors (Lipinski definition) is 1. The Morgan fingerprint density at radius 3 is 2.35 bits per heavy atom. The van der Waals surface area contributed by atoms with Crippen molar-refractivity contribution in [1.82, 2.24) is 13.9 Å². The maximum Gasteiger partial charge on any atom is 0.311 e. The predicted octanol–water partition coefficient (Wildman–Crippen LogP) is 6.72. The molecule has 4 aromatic rings. The molecule has 43 heavy (non-hydrogen) atoms. The SMILES string of the molecule is CCC(Nc1nc(-c2cn(S(=O)(=O)c3ccc(C)cc3)c3ncc(F)cc23)c(F)cc1F)[C@@H](C(=O)OC)C(C)CC(C)C. The molecule has 0 bridgehead atoms. The molecule has 0 radical (unpaired) electrons. The maximum absolute atomic E-state index is 15.4. The second-order valence-corrected chi connectivity index (χ2v) is 13.0. The zero-order valence-electron chi connectivity index (χ0n) is 24.9. The Balaban J connectivity index is 1.85. The number of carbonyl (C=O) groups is 1. The molecule has 0 amide bonds. The Labute approximate surface area is 249 Å². The van der Waals surface area contributed by atoms with Gasteiger partial charge < -0.3 is 10.1 Å². The number of methoxy groups -OCH3 is 1. The van der Waals surface area contributed by atoms with Crippen LogP contribution in [0.25, 0.3) is 22.3 Å². The quantitative estimate of drug-likeness (QED) is 0.187. The van der Waals surface area contributed by atoms with Gasteiger partial charge in [0.05, 0.1) is 24.1 Å². The maximum atomic E-state index is 15.4. The number of carbonyl (C=O) groups excluding carboxylic acids is 1. The third kappa shape index (κ3) is 6.53. The number of anilines is 1. The number of benzene rings is 1. The monoisotopic (exact) mass is 616 g/mol. The van der Waals surface area contributed by atoms with Crippen molar-refractivity contribution in [3.05, 3.63) is 71.8 Å². The topological polar surface area (TPSA) is 103 Å². The minimum Gasteiger partial charge on any atom is -0.469 e. The number of rotatable bonds is 11. The highest BCUT2D eigenvalue weighted by molar-refractivity contribution is 7.90. The number of pyridine rings is 2. The molecule has 3 heterocycles. The summed E-state index contributed by atoms with van der Waals surface area (Å²) in [6.45, 7) is 9.59.